The Morgan fingerprint density at radius 2 is 2.10 bits per heavy atom. The number of hydrogen-bond donors (Lipinski definition) is 4. The van der Waals surface area contributed by atoms with Crippen LogP contribution in [0.2, 0.25) is 0 Å². The third kappa shape index (κ3) is 1.97. The number of aliphatic hydroxyl groups excluding tert-OH is 1. The number of phenolic OH excluding ortho intramolecular Hbond substituents is 2. The molecule has 3 rings (SSSR count). The normalized spacial score (nSPS) is 18.5. The van der Waals surface area contributed by atoms with E-state index >= 15 is 0 Å². The molecule has 2 aliphatic rings. The fourth-order valence-corrected chi connectivity index (χ4v) is 2.73. The first-order valence-corrected chi connectivity index (χ1v) is 6.60. The maximum Gasteiger partial charge on any atom is 0.328 e. The minimum atomic E-state index is -1.05. The summed E-state index contributed by atoms with van der Waals surface area (Å²) in [7, 11) is 0. The summed E-state index contributed by atoms with van der Waals surface area (Å²) in [5.74, 6) is -1.71. The second-order valence-corrected chi connectivity index (χ2v) is 5.05. The van der Waals surface area contributed by atoms with Crippen molar-refractivity contribution in [3.63, 3.8) is 0 Å². The van der Waals surface area contributed by atoms with Crippen LogP contribution in [0.5, 0.6) is 11.5 Å². The molecule has 110 valence electrons. The van der Waals surface area contributed by atoms with Crippen LogP contribution >= 0.6 is 0 Å². The average molecular weight is 290 g/mol. The summed E-state index contributed by atoms with van der Waals surface area (Å²) in [6, 6.07) is -0.929. The molecule has 7 nitrogen and oxygen atoms in total. The molecular weight excluding hydrogens is 276 g/mol. The van der Waals surface area contributed by atoms with Gasteiger partial charge in [-0.1, -0.05) is 0 Å². The molecule has 0 amide bonds. The van der Waals surface area contributed by atoms with E-state index in [0.29, 0.717) is 34.6 Å². The molecule has 4 N–H and O–H groups in total. The van der Waals surface area contributed by atoms with Gasteiger partial charge in [0.1, 0.15) is 5.69 Å². The predicted octanol–water partition coefficient (Wildman–Crippen LogP) is -0.634. The lowest BCUT2D eigenvalue weighted by molar-refractivity contribution is -0.138. The van der Waals surface area contributed by atoms with Crippen molar-refractivity contribution in [3.05, 3.63) is 16.1 Å². The number of aliphatic imine (C=N–C) groups is 1. The number of aliphatic hydroxyl groups is 1. The van der Waals surface area contributed by atoms with Crippen LogP contribution in [0, 0.1) is 0 Å². The Labute approximate surface area is 119 Å². The van der Waals surface area contributed by atoms with E-state index in [0.717, 1.165) is 0 Å². The smallest absolute Gasteiger partial charge is 0.328 e. The lowest BCUT2D eigenvalue weighted by atomic mass is 9.97. The summed E-state index contributed by atoms with van der Waals surface area (Å²) >= 11 is 0. The number of hydrogen-bond acceptors (Lipinski definition) is 6. The van der Waals surface area contributed by atoms with Crippen molar-refractivity contribution >= 4 is 23.4 Å². The van der Waals surface area contributed by atoms with Crippen LogP contribution in [0.4, 0.5) is 5.69 Å². The summed E-state index contributed by atoms with van der Waals surface area (Å²) in [6.45, 7) is -0.0772. The highest BCUT2D eigenvalue weighted by Crippen LogP contribution is 2.37. The van der Waals surface area contributed by atoms with Gasteiger partial charge in [0.25, 0.3) is 0 Å². The van der Waals surface area contributed by atoms with E-state index in [2.05, 4.69) is 9.98 Å². The van der Waals surface area contributed by atoms with Gasteiger partial charge in [0.2, 0.25) is 0 Å². The molecule has 0 aliphatic carbocycles. The van der Waals surface area contributed by atoms with Gasteiger partial charge in [0.05, 0.1) is 5.36 Å². The van der Waals surface area contributed by atoms with Crippen molar-refractivity contribution in [1.82, 2.24) is 0 Å². The van der Waals surface area contributed by atoms with Gasteiger partial charge < -0.3 is 20.4 Å². The molecule has 2 aliphatic heterocycles. The zero-order valence-electron chi connectivity index (χ0n) is 11.1. The second kappa shape index (κ2) is 4.85. The van der Waals surface area contributed by atoms with Gasteiger partial charge in [-0.15, -0.1) is 0 Å². The summed E-state index contributed by atoms with van der Waals surface area (Å²) in [6.07, 6.45) is 2.39. The number of phenols is 2. The van der Waals surface area contributed by atoms with Gasteiger partial charge in [-0.05, 0) is 18.4 Å². The molecule has 0 aromatic heterocycles. The molecule has 0 saturated heterocycles. The third-order valence-corrected chi connectivity index (χ3v) is 3.73. The van der Waals surface area contributed by atoms with Crippen LogP contribution in [0.15, 0.2) is 9.98 Å². The molecule has 7 heteroatoms. The lowest BCUT2D eigenvalue weighted by Gasteiger charge is -2.15. The number of carbonyl (C=O) groups is 1. The quantitative estimate of drug-likeness (QED) is 0.550. The maximum atomic E-state index is 11.2. The standard InChI is InChI=1S/C14H14N2O5/c17-3-1-2-7-10-9-6(4-8(16-10)14(20)21)5-15-11(9)13(19)12(7)18/h5,8,17-19H,1-4H2,(H,20,21)/t8-/m0/s1. The molecule has 0 saturated carbocycles. The lowest BCUT2D eigenvalue weighted by Crippen LogP contribution is -2.38. The maximum absolute atomic E-state index is 11.2. The Kier molecular flexibility index (Phi) is 3.13. The number of carboxylic acids is 1. The zero-order chi connectivity index (χ0) is 15.1. The summed E-state index contributed by atoms with van der Waals surface area (Å²) in [5, 5.41) is 39.2. The Balaban J connectivity index is 2.32. The van der Waals surface area contributed by atoms with Gasteiger partial charge in [0, 0.05) is 30.0 Å². The monoisotopic (exact) mass is 290 g/mol. The van der Waals surface area contributed by atoms with E-state index in [9.17, 15) is 20.1 Å². The third-order valence-electron chi connectivity index (χ3n) is 3.73. The second-order valence-electron chi connectivity index (χ2n) is 5.05. The highest BCUT2D eigenvalue weighted by Gasteiger charge is 2.29. The zero-order valence-corrected chi connectivity index (χ0v) is 11.1. The van der Waals surface area contributed by atoms with Crippen molar-refractivity contribution in [2.45, 2.75) is 25.3 Å². The van der Waals surface area contributed by atoms with Gasteiger partial charge in [0.15, 0.2) is 17.5 Å². The largest absolute Gasteiger partial charge is 0.504 e. The fraction of sp³-hybridized carbons (Fsp3) is 0.357. The van der Waals surface area contributed by atoms with Crippen molar-refractivity contribution < 1.29 is 25.2 Å². The molecule has 21 heavy (non-hydrogen) atoms. The molecule has 2 heterocycles. The highest BCUT2D eigenvalue weighted by atomic mass is 16.4. The van der Waals surface area contributed by atoms with E-state index in [1.54, 1.807) is 0 Å². The fourth-order valence-electron chi connectivity index (χ4n) is 2.73. The van der Waals surface area contributed by atoms with Crippen LogP contribution in [0.1, 0.15) is 18.4 Å². The number of benzene rings is 1. The molecule has 0 fully saturated rings. The minimum Gasteiger partial charge on any atom is -0.504 e. The molecule has 0 spiro atoms. The van der Waals surface area contributed by atoms with E-state index < -0.39 is 12.0 Å². The Hall–Kier alpha value is -2.41. The first kappa shape index (κ1) is 13.6. The summed E-state index contributed by atoms with van der Waals surface area (Å²) in [4.78, 5) is 19.5. The average Bonchev–Trinajstić information content (AvgIpc) is 2.89. The molecule has 1 aromatic rings. The SMILES string of the molecule is O=C(O)[C@@H]1CC2=c3c(c(O)c(O)c(CCCO)c3=N1)N=C2. The van der Waals surface area contributed by atoms with E-state index in [4.69, 9.17) is 5.11 Å². The Bertz CT molecular complexity index is 782. The Morgan fingerprint density at radius 1 is 1.33 bits per heavy atom. The topological polar surface area (TPSA) is 123 Å². The van der Waals surface area contributed by atoms with Gasteiger partial charge >= 0.3 is 5.97 Å². The number of rotatable bonds is 4. The Morgan fingerprint density at radius 3 is 2.76 bits per heavy atom. The van der Waals surface area contributed by atoms with Crippen molar-refractivity contribution in [2.75, 3.05) is 6.61 Å². The molecule has 1 atom stereocenters. The molecular formula is C14H14N2O5. The van der Waals surface area contributed by atoms with Crippen LogP contribution in [-0.4, -0.2) is 45.3 Å². The number of aromatic hydroxyl groups is 2. The first-order chi connectivity index (χ1) is 10.0. The number of nitrogens with zero attached hydrogens (tertiary/aromatic N) is 2. The van der Waals surface area contributed by atoms with Crippen molar-refractivity contribution in [2.24, 2.45) is 9.98 Å². The van der Waals surface area contributed by atoms with Crippen LogP contribution < -0.4 is 10.6 Å². The van der Waals surface area contributed by atoms with Crippen molar-refractivity contribution in [1.29, 1.82) is 0 Å². The van der Waals surface area contributed by atoms with E-state index in [1.807, 2.05) is 0 Å². The van der Waals surface area contributed by atoms with Crippen LogP contribution in [0.3, 0.4) is 0 Å². The van der Waals surface area contributed by atoms with Gasteiger partial charge in [-0.2, -0.15) is 0 Å². The molecule has 0 bridgehead atoms. The molecule has 1 aromatic carbocycles. The molecule has 0 unspecified atom stereocenters. The van der Waals surface area contributed by atoms with E-state index in [-0.39, 0.29) is 30.2 Å². The minimum absolute atomic E-state index is 0.0772. The number of carboxylic acid groups (broad SMARTS) is 1. The van der Waals surface area contributed by atoms with Gasteiger partial charge in [-0.3, -0.25) is 9.98 Å². The predicted molar refractivity (Wildman–Crippen MR) is 73.6 cm³/mol. The van der Waals surface area contributed by atoms with Crippen molar-refractivity contribution in [3.8, 4) is 11.5 Å². The van der Waals surface area contributed by atoms with E-state index in [1.165, 1.54) is 6.21 Å². The number of aliphatic carboxylic acids is 1. The summed E-state index contributed by atoms with van der Waals surface area (Å²) < 4.78 is 0. The highest BCUT2D eigenvalue weighted by molar-refractivity contribution is 6.09. The van der Waals surface area contributed by atoms with Gasteiger partial charge in [-0.25, -0.2) is 4.79 Å². The van der Waals surface area contributed by atoms with Crippen LogP contribution in [0.25, 0.3) is 5.57 Å². The molecule has 0 radical (unpaired) electrons. The first-order valence-electron chi connectivity index (χ1n) is 6.60. The summed E-state index contributed by atoms with van der Waals surface area (Å²) in [5.41, 5.74) is 1.29. The van der Waals surface area contributed by atoms with Crippen LogP contribution in [-0.2, 0) is 11.2 Å².